The summed E-state index contributed by atoms with van der Waals surface area (Å²) in [6, 6.07) is 17.7. The molecule has 0 saturated carbocycles. The summed E-state index contributed by atoms with van der Waals surface area (Å²) < 4.78 is 21.6. The lowest BCUT2D eigenvalue weighted by Crippen LogP contribution is -2.37. The van der Waals surface area contributed by atoms with E-state index in [1.54, 1.807) is 66.7 Å². The molecule has 2 N–H and O–H groups in total. The van der Waals surface area contributed by atoms with Gasteiger partial charge in [0.1, 0.15) is 28.8 Å². The van der Waals surface area contributed by atoms with Crippen molar-refractivity contribution < 1.29 is 33.6 Å². The molecule has 206 valence electrons. The number of nitrogens with one attached hydrogen (secondary N) is 1. The van der Waals surface area contributed by atoms with E-state index < -0.39 is 17.9 Å². The third kappa shape index (κ3) is 8.81. The molecule has 0 aliphatic carbocycles. The predicted molar refractivity (Wildman–Crippen MR) is 149 cm³/mol. The highest BCUT2D eigenvalue weighted by molar-refractivity contribution is 5.95. The van der Waals surface area contributed by atoms with E-state index in [0.29, 0.717) is 40.7 Å². The van der Waals surface area contributed by atoms with Crippen molar-refractivity contribution in [1.29, 1.82) is 0 Å². The molecule has 0 radical (unpaired) electrons. The van der Waals surface area contributed by atoms with Gasteiger partial charge in [-0.05, 0) is 66.9 Å². The van der Waals surface area contributed by atoms with E-state index in [9.17, 15) is 14.7 Å². The molecule has 8 nitrogen and oxygen atoms in total. The van der Waals surface area contributed by atoms with E-state index in [2.05, 4.69) is 18.8 Å². The van der Waals surface area contributed by atoms with Gasteiger partial charge in [-0.3, -0.25) is 4.79 Å². The SMILES string of the molecule is C=C(O)[C@H](Cc1ccc(OC(=O)c2ccc(OCCCCC)cc2)cc1)NC(=O)c1cc(OC)cc(OC)c1. The maximum Gasteiger partial charge on any atom is 0.343 e. The Kier molecular flexibility index (Phi) is 10.8. The van der Waals surface area contributed by atoms with E-state index in [1.807, 2.05) is 0 Å². The number of ether oxygens (including phenoxy) is 4. The molecule has 0 aliphatic heterocycles. The second-order valence-corrected chi connectivity index (χ2v) is 8.94. The van der Waals surface area contributed by atoms with Gasteiger partial charge in [0.25, 0.3) is 5.91 Å². The molecule has 3 rings (SSSR count). The Labute approximate surface area is 229 Å². The summed E-state index contributed by atoms with van der Waals surface area (Å²) in [6.45, 7) is 6.39. The van der Waals surface area contributed by atoms with Gasteiger partial charge in [0.05, 0.1) is 32.4 Å². The van der Waals surface area contributed by atoms with Crippen LogP contribution in [0.3, 0.4) is 0 Å². The van der Waals surface area contributed by atoms with Crippen molar-refractivity contribution in [2.45, 2.75) is 38.6 Å². The average molecular weight is 534 g/mol. The van der Waals surface area contributed by atoms with E-state index in [4.69, 9.17) is 18.9 Å². The molecule has 39 heavy (non-hydrogen) atoms. The Hall–Kier alpha value is -4.46. The van der Waals surface area contributed by atoms with E-state index in [1.165, 1.54) is 14.2 Å². The van der Waals surface area contributed by atoms with Crippen LogP contribution in [0.25, 0.3) is 0 Å². The summed E-state index contributed by atoms with van der Waals surface area (Å²) >= 11 is 0. The smallest absolute Gasteiger partial charge is 0.343 e. The average Bonchev–Trinajstić information content (AvgIpc) is 2.95. The van der Waals surface area contributed by atoms with Gasteiger partial charge in [0.15, 0.2) is 0 Å². The highest BCUT2D eigenvalue weighted by Crippen LogP contribution is 2.23. The zero-order chi connectivity index (χ0) is 28.2. The summed E-state index contributed by atoms with van der Waals surface area (Å²) in [5.74, 6) is 0.927. The second kappa shape index (κ2) is 14.5. The van der Waals surface area contributed by atoms with Crippen LogP contribution in [0.2, 0.25) is 0 Å². The number of aliphatic hydroxyl groups is 1. The highest BCUT2D eigenvalue weighted by Gasteiger charge is 2.19. The first-order valence-corrected chi connectivity index (χ1v) is 12.8. The molecule has 0 saturated heterocycles. The lowest BCUT2D eigenvalue weighted by molar-refractivity contribution is 0.0734. The maximum atomic E-state index is 12.9. The molecule has 0 spiro atoms. The van der Waals surface area contributed by atoms with Gasteiger partial charge in [-0.25, -0.2) is 4.79 Å². The number of esters is 1. The summed E-state index contributed by atoms with van der Waals surface area (Å²) in [6.07, 6.45) is 3.51. The van der Waals surface area contributed by atoms with Gasteiger partial charge in [-0.2, -0.15) is 0 Å². The lowest BCUT2D eigenvalue weighted by Gasteiger charge is -2.18. The Balaban J connectivity index is 1.58. The summed E-state index contributed by atoms with van der Waals surface area (Å²) in [7, 11) is 2.99. The lowest BCUT2D eigenvalue weighted by atomic mass is 10.0. The van der Waals surface area contributed by atoms with Crippen molar-refractivity contribution in [3.05, 3.63) is 95.8 Å². The maximum absolute atomic E-state index is 12.9. The normalized spacial score (nSPS) is 11.3. The standard InChI is InChI=1S/C31H35NO7/c1-5-6-7-16-38-25-14-10-23(11-15-25)31(35)39-26-12-8-22(9-13-26)17-29(21(2)33)32-30(34)24-18-27(36-3)20-28(19-24)37-4/h8-15,18-20,29,33H,2,5-7,16-17H2,1,3-4H3,(H,32,34)/t29-/m0/s1. The minimum absolute atomic E-state index is 0.188. The molecule has 0 bridgehead atoms. The molecular formula is C31H35NO7. The monoisotopic (exact) mass is 533 g/mol. The number of benzene rings is 3. The largest absolute Gasteiger partial charge is 0.511 e. The van der Waals surface area contributed by atoms with E-state index in [0.717, 1.165) is 24.8 Å². The van der Waals surface area contributed by atoms with Gasteiger partial charge >= 0.3 is 5.97 Å². The number of hydrogen-bond acceptors (Lipinski definition) is 7. The van der Waals surface area contributed by atoms with Crippen LogP contribution in [0.4, 0.5) is 0 Å². The quantitative estimate of drug-likeness (QED) is 0.115. The fraction of sp³-hybridized carbons (Fsp3) is 0.290. The molecule has 0 unspecified atom stereocenters. The molecule has 8 heteroatoms. The summed E-state index contributed by atoms with van der Waals surface area (Å²) in [5, 5.41) is 12.9. The Morgan fingerprint density at radius 3 is 2.03 bits per heavy atom. The van der Waals surface area contributed by atoms with Crippen LogP contribution in [0.5, 0.6) is 23.0 Å². The molecule has 0 aliphatic rings. The van der Waals surface area contributed by atoms with Gasteiger partial charge in [0, 0.05) is 11.6 Å². The van der Waals surface area contributed by atoms with Crippen LogP contribution >= 0.6 is 0 Å². The summed E-state index contributed by atoms with van der Waals surface area (Å²) in [4.78, 5) is 25.4. The number of unbranched alkanes of at least 4 members (excludes halogenated alkanes) is 2. The number of aliphatic hydroxyl groups excluding tert-OH is 1. The molecule has 0 heterocycles. The molecule has 1 amide bonds. The number of carbonyl (C=O) groups excluding carboxylic acids is 2. The van der Waals surface area contributed by atoms with Crippen LogP contribution < -0.4 is 24.3 Å². The van der Waals surface area contributed by atoms with Crippen LogP contribution in [0.15, 0.2) is 79.1 Å². The van der Waals surface area contributed by atoms with Crippen molar-refractivity contribution in [1.82, 2.24) is 5.32 Å². The Morgan fingerprint density at radius 1 is 0.846 bits per heavy atom. The van der Waals surface area contributed by atoms with Crippen molar-refractivity contribution in [2.24, 2.45) is 0 Å². The van der Waals surface area contributed by atoms with E-state index >= 15 is 0 Å². The molecule has 3 aromatic rings. The topological polar surface area (TPSA) is 103 Å². The number of carbonyl (C=O) groups is 2. The van der Waals surface area contributed by atoms with Gasteiger partial charge < -0.3 is 29.4 Å². The highest BCUT2D eigenvalue weighted by atomic mass is 16.5. The number of amides is 1. The zero-order valence-electron chi connectivity index (χ0n) is 22.6. The fourth-order valence-electron chi connectivity index (χ4n) is 3.76. The van der Waals surface area contributed by atoms with Gasteiger partial charge in [-0.1, -0.05) is 38.5 Å². The summed E-state index contributed by atoms with van der Waals surface area (Å²) in [5.41, 5.74) is 1.52. The van der Waals surface area contributed by atoms with Crippen LogP contribution in [0.1, 0.15) is 52.5 Å². The molecular weight excluding hydrogens is 498 g/mol. The van der Waals surface area contributed by atoms with E-state index in [-0.39, 0.29) is 12.2 Å². The van der Waals surface area contributed by atoms with Crippen molar-refractivity contribution >= 4 is 11.9 Å². The van der Waals surface area contributed by atoms with Crippen LogP contribution in [-0.2, 0) is 6.42 Å². The zero-order valence-corrected chi connectivity index (χ0v) is 22.6. The number of rotatable bonds is 14. The minimum Gasteiger partial charge on any atom is -0.511 e. The van der Waals surface area contributed by atoms with Crippen molar-refractivity contribution in [2.75, 3.05) is 20.8 Å². The molecule has 3 aromatic carbocycles. The molecule has 0 fully saturated rings. The minimum atomic E-state index is -0.745. The Morgan fingerprint density at radius 2 is 1.46 bits per heavy atom. The van der Waals surface area contributed by atoms with Gasteiger partial charge in [-0.15, -0.1) is 0 Å². The second-order valence-electron chi connectivity index (χ2n) is 8.94. The van der Waals surface area contributed by atoms with Crippen molar-refractivity contribution in [3.8, 4) is 23.0 Å². The first-order valence-electron chi connectivity index (χ1n) is 12.8. The van der Waals surface area contributed by atoms with Gasteiger partial charge in [0.2, 0.25) is 0 Å². The third-order valence-corrected chi connectivity index (χ3v) is 6.00. The van der Waals surface area contributed by atoms with Crippen LogP contribution in [0, 0.1) is 0 Å². The van der Waals surface area contributed by atoms with Crippen LogP contribution in [-0.4, -0.2) is 43.9 Å². The number of methoxy groups -OCH3 is 2. The predicted octanol–water partition coefficient (Wildman–Crippen LogP) is 5.90. The fourth-order valence-corrected chi connectivity index (χ4v) is 3.76. The molecule has 1 atom stereocenters. The Bertz CT molecular complexity index is 1230. The number of hydrogen-bond donors (Lipinski definition) is 2. The molecule has 0 aromatic heterocycles. The first kappa shape index (κ1) is 29.1. The van der Waals surface area contributed by atoms with Crippen molar-refractivity contribution in [3.63, 3.8) is 0 Å². The first-order chi connectivity index (χ1) is 18.8. The third-order valence-electron chi connectivity index (χ3n) is 6.00.